The molecule has 0 fully saturated rings. The van der Waals surface area contributed by atoms with E-state index < -0.39 is 0 Å². The number of anilines is 10. The van der Waals surface area contributed by atoms with Gasteiger partial charge in [0.2, 0.25) is 0 Å². The highest BCUT2D eigenvalue weighted by Gasteiger charge is 2.13. The zero-order chi connectivity index (χ0) is 35.0. The molecule has 52 heavy (non-hydrogen) atoms. The molecule has 0 aliphatic carbocycles. The Balaban J connectivity index is 0.975. The van der Waals surface area contributed by atoms with Crippen LogP contribution in [0.2, 0.25) is 0 Å². The van der Waals surface area contributed by atoms with Crippen molar-refractivity contribution in [2.24, 2.45) is 0 Å². The largest absolute Gasteiger partial charge is 0.356 e. The molecule has 0 bridgehead atoms. The van der Waals surface area contributed by atoms with Crippen LogP contribution in [-0.2, 0) is 0 Å². The van der Waals surface area contributed by atoms with Gasteiger partial charge in [0, 0.05) is 56.9 Å². The Kier molecular flexibility index (Phi) is 9.43. The van der Waals surface area contributed by atoms with Crippen LogP contribution in [0, 0.1) is 0 Å². The molecule has 0 radical (unpaired) electrons. The Hall–Kier alpha value is -7.04. The van der Waals surface area contributed by atoms with E-state index in [0.29, 0.717) is 0 Å². The standard InChI is InChI=1S/C48H38N4/c1-5-19-43(20-6-1)51(44-21-7-2-8-22-44)47-31-27-39(28-32-47)49-41-17-13-15-37(35-41)38-16-14-18-42(36-38)50-40-29-33-48(34-30-40)52(45-23-9-3-10-24-45)46-25-11-4-12-26-46/h1-36,49-50H. The Morgan fingerprint density at radius 2 is 0.519 bits per heavy atom. The van der Waals surface area contributed by atoms with Crippen molar-refractivity contribution < 1.29 is 0 Å². The molecule has 0 aromatic heterocycles. The van der Waals surface area contributed by atoms with E-state index >= 15 is 0 Å². The van der Waals surface area contributed by atoms with Crippen LogP contribution in [0.4, 0.5) is 56.9 Å². The van der Waals surface area contributed by atoms with Gasteiger partial charge in [0.25, 0.3) is 0 Å². The lowest BCUT2D eigenvalue weighted by Crippen LogP contribution is -2.09. The molecule has 4 heteroatoms. The summed E-state index contributed by atoms with van der Waals surface area (Å²) in [5.74, 6) is 0. The summed E-state index contributed by atoms with van der Waals surface area (Å²) in [6.07, 6.45) is 0. The summed E-state index contributed by atoms with van der Waals surface area (Å²) in [4.78, 5) is 4.54. The molecule has 4 nitrogen and oxygen atoms in total. The van der Waals surface area contributed by atoms with E-state index in [9.17, 15) is 0 Å². The van der Waals surface area contributed by atoms with Gasteiger partial charge in [-0.15, -0.1) is 0 Å². The highest BCUT2D eigenvalue weighted by atomic mass is 15.1. The summed E-state index contributed by atoms with van der Waals surface area (Å²) in [5, 5.41) is 7.23. The third-order valence-electron chi connectivity index (χ3n) is 8.94. The third-order valence-corrected chi connectivity index (χ3v) is 8.94. The maximum Gasteiger partial charge on any atom is 0.0463 e. The van der Waals surface area contributed by atoms with Gasteiger partial charge in [0.15, 0.2) is 0 Å². The summed E-state index contributed by atoms with van der Waals surface area (Å²) < 4.78 is 0. The van der Waals surface area contributed by atoms with E-state index in [-0.39, 0.29) is 0 Å². The second kappa shape index (κ2) is 15.2. The summed E-state index contributed by atoms with van der Waals surface area (Å²) in [6, 6.07) is 76.2. The molecule has 8 rings (SSSR count). The number of hydrogen-bond acceptors (Lipinski definition) is 4. The van der Waals surface area contributed by atoms with Crippen molar-refractivity contribution in [2.45, 2.75) is 0 Å². The zero-order valence-corrected chi connectivity index (χ0v) is 28.7. The topological polar surface area (TPSA) is 30.5 Å². The van der Waals surface area contributed by atoms with E-state index in [4.69, 9.17) is 0 Å². The Morgan fingerprint density at radius 1 is 0.231 bits per heavy atom. The monoisotopic (exact) mass is 670 g/mol. The zero-order valence-electron chi connectivity index (χ0n) is 28.7. The normalized spacial score (nSPS) is 10.7. The van der Waals surface area contributed by atoms with E-state index in [1.54, 1.807) is 0 Å². The van der Waals surface area contributed by atoms with Crippen molar-refractivity contribution in [2.75, 3.05) is 20.4 Å². The molecular formula is C48H38N4. The number of rotatable bonds is 11. The van der Waals surface area contributed by atoms with Crippen LogP contribution >= 0.6 is 0 Å². The smallest absolute Gasteiger partial charge is 0.0463 e. The maximum absolute atomic E-state index is 3.61. The van der Waals surface area contributed by atoms with Gasteiger partial charge in [-0.1, -0.05) is 97.1 Å². The van der Waals surface area contributed by atoms with E-state index in [1.165, 1.54) is 0 Å². The Labute approximate surface area is 305 Å². The van der Waals surface area contributed by atoms with E-state index in [0.717, 1.165) is 68.0 Å². The highest BCUT2D eigenvalue weighted by Crippen LogP contribution is 2.37. The minimum atomic E-state index is 1.03. The van der Waals surface area contributed by atoms with Crippen LogP contribution in [0.25, 0.3) is 11.1 Å². The Bertz CT molecular complexity index is 2080. The average Bonchev–Trinajstić information content (AvgIpc) is 3.21. The molecule has 0 saturated carbocycles. The lowest BCUT2D eigenvalue weighted by molar-refractivity contribution is 1.28. The summed E-state index contributed by atoms with van der Waals surface area (Å²) in [5.41, 5.74) is 13.1. The first-order valence-corrected chi connectivity index (χ1v) is 17.5. The van der Waals surface area contributed by atoms with Crippen LogP contribution < -0.4 is 20.4 Å². The van der Waals surface area contributed by atoms with Crippen molar-refractivity contribution in [1.82, 2.24) is 0 Å². The van der Waals surface area contributed by atoms with Crippen molar-refractivity contribution in [3.63, 3.8) is 0 Å². The average molecular weight is 671 g/mol. The molecule has 8 aromatic rings. The molecule has 0 saturated heterocycles. The second-order valence-electron chi connectivity index (χ2n) is 12.5. The van der Waals surface area contributed by atoms with Gasteiger partial charge in [0.05, 0.1) is 0 Å². The molecule has 0 aliphatic heterocycles. The van der Waals surface area contributed by atoms with Crippen LogP contribution in [0.3, 0.4) is 0 Å². The third kappa shape index (κ3) is 7.42. The fourth-order valence-corrected chi connectivity index (χ4v) is 6.48. The minimum Gasteiger partial charge on any atom is -0.356 e. The van der Waals surface area contributed by atoms with E-state index in [1.807, 2.05) is 24.3 Å². The number of benzene rings is 8. The van der Waals surface area contributed by atoms with Gasteiger partial charge in [-0.25, -0.2) is 0 Å². The molecule has 8 aromatic carbocycles. The number of nitrogens with zero attached hydrogens (tertiary/aromatic N) is 2. The molecule has 0 unspecified atom stereocenters. The molecule has 0 aliphatic rings. The number of nitrogens with one attached hydrogen (secondary N) is 2. The Morgan fingerprint density at radius 3 is 0.827 bits per heavy atom. The van der Waals surface area contributed by atoms with Gasteiger partial charge in [-0.05, 0) is 132 Å². The lowest BCUT2D eigenvalue weighted by atomic mass is 10.0. The fraction of sp³-hybridized carbons (Fsp3) is 0. The highest BCUT2D eigenvalue weighted by molar-refractivity contribution is 5.80. The van der Waals surface area contributed by atoms with Crippen LogP contribution in [-0.4, -0.2) is 0 Å². The minimum absolute atomic E-state index is 1.03. The first-order valence-electron chi connectivity index (χ1n) is 17.5. The van der Waals surface area contributed by atoms with Crippen LogP contribution in [0.5, 0.6) is 0 Å². The SMILES string of the molecule is c1ccc(N(c2ccccc2)c2ccc(Nc3cccc(-c4cccc(Nc5ccc(N(c6ccccc6)c6ccccc6)cc5)c4)c3)cc2)cc1. The molecule has 0 amide bonds. The molecule has 0 spiro atoms. The molecule has 250 valence electrons. The molecule has 0 heterocycles. The molecule has 2 N–H and O–H groups in total. The van der Waals surface area contributed by atoms with Gasteiger partial charge in [-0.2, -0.15) is 0 Å². The van der Waals surface area contributed by atoms with Crippen molar-refractivity contribution in [1.29, 1.82) is 0 Å². The predicted octanol–water partition coefficient (Wildman–Crippen LogP) is 13.8. The first-order chi connectivity index (χ1) is 25.8. The fourth-order valence-electron chi connectivity index (χ4n) is 6.48. The van der Waals surface area contributed by atoms with Crippen molar-refractivity contribution in [3.05, 3.63) is 218 Å². The van der Waals surface area contributed by atoms with Gasteiger partial charge in [0.1, 0.15) is 0 Å². The van der Waals surface area contributed by atoms with Crippen LogP contribution in [0.1, 0.15) is 0 Å². The van der Waals surface area contributed by atoms with Crippen molar-refractivity contribution in [3.8, 4) is 11.1 Å². The number of para-hydroxylation sites is 4. The number of hydrogen-bond donors (Lipinski definition) is 2. The molecular weight excluding hydrogens is 633 g/mol. The van der Waals surface area contributed by atoms with Gasteiger partial charge >= 0.3 is 0 Å². The summed E-state index contributed by atoms with van der Waals surface area (Å²) >= 11 is 0. The second-order valence-corrected chi connectivity index (χ2v) is 12.5. The summed E-state index contributed by atoms with van der Waals surface area (Å²) in [6.45, 7) is 0. The van der Waals surface area contributed by atoms with Gasteiger partial charge < -0.3 is 20.4 Å². The summed E-state index contributed by atoms with van der Waals surface area (Å²) in [7, 11) is 0. The first kappa shape index (κ1) is 32.2. The van der Waals surface area contributed by atoms with Crippen LogP contribution in [0.15, 0.2) is 218 Å². The van der Waals surface area contributed by atoms with E-state index in [2.05, 4.69) is 215 Å². The van der Waals surface area contributed by atoms with Gasteiger partial charge in [-0.3, -0.25) is 0 Å². The van der Waals surface area contributed by atoms with Crippen molar-refractivity contribution >= 4 is 56.9 Å². The quantitative estimate of drug-likeness (QED) is 0.143. The predicted molar refractivity (Wildman–Crippen MR) is 221 cm³/mol. The maximum atomic E-state index is 3.61. The molecule has 0 atom stereocenters. The lowest BCUT2D eigenvalue weighted by Gasteiger charge is -2.25.